The molecule has 44 heavy (non-hydrogen) atoms. The van der Waals surface area contributed by atoms with Gasteiger partial charge in [-0.1, -0.05) is 60.7 Å². The van der Waals surface area contributed by atoms with Crippen LogP contribution < -0.4 is 5.46 Å². The van der Waals surface area contributed by atoms with Gasteiger partial charge in [-0.05, 0) is 141 Å². The Morgan fingerprint density at radius 3 is 2.09 bits per heavy atom. The van der Waals surface area contributed by atoms with Crippen LogP contribution in [0.4, 0.5) is 0 Å². The number of hydrogen-bond donors (Lipinski definition) is 0. The first kappa shape index (κ1) is 26.3. The van der Waals surface area contributed by atoms with E-state index in [0.717, 1.165) is 29.1 Å². The highest BCUT2D eigenvalue weighted by atomic mass is 32.1. The normalized spacial score (nSPS) is 30.5. The van der Waals surface area contributed by atoms with Crippen LogP contribution in [0.5, 0.6) is 0 Å². The van der Waals surface area contributed by atoms with E-state index in [0.29, 0.717) is 0 Å². The van der Waals surface area contributed by atoms with Crippen LogP contribution in [-0.4, -0.2) is 18.3 Å². The van der Waals surface area contributed by atoms with Gasteiger partial charge in [-0.3, -0.25) is 0 Å². The molecule has 0 atom stereocenters. The molecule has 4 aromatic carbocycles. The first-order valence-corrected chi connectivity index (χ1v) is 17.6. The topological polar surface area (TPSA) is 18.5 Å². The van der Waals surface area contributed by atoms with Crippen molar-refractivity contribution >= 4 is 44.1 Å². The first-order chi connectivity index (χ1) is 21.2. The van der Waals surface area contributed by atoms with Crippen molar-refractivity contribution in [1.29, 1.82) is 0 Å². The minimum absolute atomic E-state index is 0.118. The maximum Gasteiger partial charge on any atom is 0.494 e. The highest BCUT2D eigenvalue weighted by molar-refractivity contribution is 7.25. The van der Waals surface area contributed by atoms with Crippen LogP contribution in [-0.2, 0) is 14.7 Å². The molecule has 4 saturated carbocycles. The Bertz CT molecular complexity index is 1970. The molecule has 4 bridgehead atoms. The molecule has 2 heterocycles. The molecule has 220 valence electrons. The first-order valence-electron chi connectivity index (χ1n) is 16.8. The molecule has 11 rings (SSSR count). The molecule has 5 fully saturated rings. The molecule has 1 spiro atoms. The summed E-state index contributed by atoms with van der Waals surface area (Å²) in [7, 11) is -0.340. The van der Waals surface area contributed by atoms with Gasteiger partial charge in [0, 0.05) is 25.6 Å². The lowest BCUT2D eigenvalue weighted by molar-refractivity contribution is -0.0399. The Morgan fingerprint density at radius 2 is 1.34 bits per heavy atom. The molecule has 4 heteroatoms. The summed E-state index contributed by atoms with van der Waals surface area (Å²) in [6.07, 6.45) is 7.02. The lowest BCUT2D eigenvalue weighted by atomic mass is 9.43. The molecular formula is C40H39BO2S. The van der Waals surface area contributed by atoms with E-state index in [9.17, 15) is 0 Å². The van der Waals surface area contributed by atoms with Crippen molar-refractivity contribution < 1.29 is 9.31 Å². The number of rotatable bonds is 2. The largest absolute Gasteiger partial charge is 0.494 e. The summed E-state index contributed by atoms with van der Waals surface area (Å²) >= 11 is 1.92. The molecule has 0 N–H and O–H groups in total. The highest BCUT2D eigenvalue weighted by Gasteiger charge is 2.62. The Hall–Kier alpha value is -2.92. The third-order valence-electron chi connectivity index (χ3n) is 12.9. The fourth-order valence-corrected chi connectivity index (χ4v) is 11.7. The number of hydrogen-bond acceptors (Lipinski definition) is 3. The van der Waals surface area contributed by atoms with Gasteiger partial charge >= 0.3 is 7.12 Å². The second-order valence-electron chi connectivity index (χ2n) is 15.6. The van der Waals surface area contributed by atoms with E-state index in [2.05, 4.69) is 107 Å². The second kappa shape index (κ2) is 8.66. The number of fused-ring (bicyclic) bond motifs is 6. The molecule has 1 aliphatic heterocycles. The van der Waals surface area contributed by atoms with Gasteiger partial charge in [0.2, 0.25) is 0 Å². The van der Waals surface area contributed by atoms with Crippen LogP contribution in [0.15, 0.2) is 78.9 Å². The molecule has 1 saturated heterocycles. The molecule has 0 amide bonds. The Labute approximate surface area is 264 Å². The van der Waals surface area contributed by atoms with Crippen molar-refractivity contribution in [3.63, 3.8) is 0 Å². The molecule has 1 aromatic heterocycles. The monoisotopic (exact) mass is 594 g/mol. The molecule has 5 aromatic rings. The third kappa shape index (κ3) is 3.30. The summed E-state index contributed by atoms with van der Waals surface area (Å²) in [5.41, 5.74) is 9.35. The fraction of sp³-hybridized carbons (Fsp3) is 0.400. The minimum Gasteiger partial charge on any atom is -0.399 e. The van der Waals surface area contributed by atoms with E-state index in [1.165, 1.54) is 74.5 Å². The van der Waals surface area contributed by atoms with Crippen molar-refractivity contribution in [2.24, 2.45) is 23.7 Å². The zero-order chi connectivity index (χ0) is 29.6. The molecule has 5 aliphatic carbocycles. The molecule has 6 aliphatic rings. The van der Waals surface area contributed by atoms with Crippen molar-refractivity contribution in [3.8, 4) is 22.3 Å². The van der Waals surface area contributed by atoms with Crippen LogP contribution in [0.1, 0.15) is 70.9 Å². The van der Waals surface area contributed by atoms with Crippen molar-refractivity contribution in [2.45, 2.75) is 76.4 Å². The van der Waals surface area contributed by atoms with E-state index >= 15 is 0 Å². The van der Waals surface area contributed by atoms with Gasteiger partial charge in [-0.2, -0.15) is 0 Å². The zero-order valence-corrected chi connectivity index (χ0v) is 27.0. The van der Waals surface area contributed by atoms with E-state index in [1.54, 1.807) is 11.1 Å². The van der Waals surface area contributed by atoms with E-state index in [4.69, 9.17) is 9.31 Å². The lowest BCUT2D eigenvalue weighted by Crippen LogP contribution is -2.55. The van der Waals surface area contributed by atoms with Crippen LogP contribution in [0, 0.1) is 23.7 Å². The van der Waals surface area contributed by atoms with Crippen molar-refractivity contribution in [2.75, 3.05) is 0 Å². The molecule has 0 unspecified atom stereocenters. The third-order valence-corrected chi connectivity index (χ3v) is 14.0. The van der Waals surface area contributed by atoms with E-state index in [-0.39, 0.29) is 23.7 Å². The van der Waals surface area contributed by atoms with Gasteiger partial charge < -0.3 is 9.31 Å². The predicted octanol–water partition coefficient (Wildman–Crippen LogP) is 9.74. The van der Waals surface area contributed by atoms with Crippen LogP contribution in [0.25, 0.3) is 42.4 Å². The summed E-state index contributed by atoms with van der Waals surface area (Å²) in [5.74, 6) is 3.31. The summed E-state index contributed by atoms with van der Waals surface area (Å²) in [4.78, 5) is 0. The number of thiophene rings is 1. The summed E-state index contributed by atoms with van der Waals surface area (Å²) in [6, 6.07) is 30.6. The van der Waals surface area contributed by atoms with Crippen LogP contribution >= 0.6 is 11.3 Å². The Balaban J connectivity index is 1.18. The van der Waals surface area contributed by atoms with Gasteiger partial charge in [-0.25, -0.2) is 0 Å². The van der Waals surface area contributed by atoms with Crippen LogP contribution in [0.3, 0.4) is 0 Å². The Morgan fingerprint density at radius 1 is 0.636 bits per heavy atom. The lowest BCUT2D eigenvalue weighted by Gasteiger charge is -2.61. The fourth-order valence-electron chi connectivity index (χ4n) is 10.5. The molecular weight excluding hydrogens is 555 g/mol. The quantitative estimate of drug-likeness (QED) is 0.190. The van der Waals surface area contributed by atoms with Gasteiger partial charge in [0.25, 0.3) is 0 Å². The van der Waals surface area contributed by atoms with Crippen molar-refractivity contribution in [3.05, 3.63) is 90.0 Å². The summed E-state index contributed by atoms with van der Waals surface area (Å²) < 4.78 is 15.9. The van der Waals surface area contributed by atoms with Gasteiger partial charge in [0.15, 0.2) is 0 Å². The maximum atomic E-state index is 6.55. The summed E-state index contributed by atoms with van der Waals surface area (Å²) in [6.45, 7) is 8.60. The van der Waals surface area contributed by atoms with E-state index < -0.39 is 0 Å². The average molecular weight is 595 g/mol. The van der Waals surface area contributed by atoms with Gasteiger partial charge in [0.1, 0.15) is 0 Å². The summed E-state index contributed by atoms with van der Waals surface area (Å²) in [5, 5.41) is 2.79. The average Bonchev–Trinajstić information content (AvgIpc) is 3.59. The molecule has 2 nitrogen and oxygen atoms in total. The van der Waals surface area contributed by atoms with Crippen molar-refractivity contribution in [1.82, 2.24) is 0 Å². The van der Waals surface area contributed by atoms with Gasteiger partial charge in [-0.15, -0.1) is 11.3 Å². The maximum absolute atomic E-state index is 6.55. The standard InChI is InChI=1S/C40H39BO2S/c1-38(2)39(3,4)43-41(42-38)28-13-15-33-32(22-28)30-14-12-25(29-9-7-11-36-37(29)31-8-5-6-10-35(31)44-36)21-34(30)40(33)26-17-23-16-24(19-26)20-27(40)18-23/h5-15,21-24,26-27H,16-20H2,1-4H3. The predicted molar refractivity (Wildman–Crippen MR) is 184 cm³/mol. The SMILES string of the molecule is CC1(C)OB(c2ccc3c(c2)-c2ccc(-c4cccc5sc6ccccc6c45)cc2C32C3CC4CC(C3)CC2C4)OC1(C)C. The second-order valence-corrected chi connectivity index (χ2v) is 16.7. The smallest absolute Gasteiger partial charge is 0.399 e. The van der Waals surface area contributed by atoms with E-state index in [1.807, 2.05) is 11.3 Å². The number of benzene rings is 4. The molecule has 0 radical (unpaired) electrons. The highest BCUT2D eigenvalue weighted by Crippen LogP contribution is 2.69. The van der Waals surface area contributed by atoms with Crippen LogP contribution in [0.2, 0.25) is 0 Å². The van der Waals surface area contributed by atoms with Gasteiger partial charge in [0.05, 0.1) is 11.2 Å². The zero-order valence-electron chi connectivity index (χ0n) is 26.2. The minimum atomic E-state index is -0.348. The Kier molecular flexibility index (Phi) is 5.18.